The molecule has 0 spiro atoms. The van der Waals surface area contributed by atoms with Gasteiger partial charge in [0.25, 0.3) is 5.91 Å². The van der Waals surface area contributed by atoms with Crippen molar-refractivity contribution < 1.29 is 9.18 Å². The number of halogens is 1. The van der Waals surface area contributed by atoms with E-state index in [-0.39, 0.29) is 18.3 Å². The van der Waals surface area contributed by atoms with Crippen LogP contribution >= 0.6 is 0 Å². The van der Waals surface area contributed by atoms with Gasteiger partial charge in [0.1, 0.15) is 11.5 Å². The number of hydrogen-bond acceptors (Lipinski definition) is 4. The van der Waals surface area contributed by atoms with Crippen LogP contribution in [0.3, 0.4) is 0 Å². The van der Waals surface area contributed by atoms with Crippen molar-refractivity contribution in [3.8, 4) is 0 Å². The molecule has 7 heteroatoms. The Labute approximate surface area is 153 Å². The predicted molar refractivity (Wildman–Crippen MR) is 98.3 cm³/mol. The number of carbonyl (C=O) groups is 1. The van der Waals surface area contributed by atoms with Gasteiger partial charge in [-0.3, -0.25) is 9.48 Å². The molecule has 0 bridgehead atoms. The Bertz CT molecular complexity index is 752. The Morgan fingerprint density at radius 2 is 2.27 bits per heavy atom. The number of nitrogens with zero attached hydrogens (tertiary/aromatic N) is 3. The highest BCUT2D eigenvalue weighted by Crippen LogP contribution is 2.16. The maximum absolute atomic E-state index is 14.1. The van der Waals surface area contributed by atoms with E-state index in [0.717, 1.165) is 31.5 Å². The van der Waals surface area contributed by atoms with Crippen molar-refractivity contribution in [1.82, 2.24) is 25.3 Å². The highest BCUT2D eigenvalue weighted by atomic mass is 19.1. The summed E-state index contributed by atoms with van der Waals surface area (Å²) < 4.78 is 16.0. The number of aromatic nitrogens is 2. The van der Waals surface area contributed by atoms with Crippen LogP contribution in [0, 0.1) is 5.82 Å². The second-order valence-corrected chi connectivity index (χ2v) is 7.03. The summed E-state index contributed by atoms with van der Waals surface area (Å²) in [5.41, 5.74) is 1.76. The molecule has 2 N–H and O–H groups in total. The average Bonchev–Trinajstić information content (AvgIpc) is 3.12. The van der Waals surface area contributed by atoms with Crippen LogP contribution in [0.4, 0.5) is 4.39 Å². The predicted octanol–water partition coefficient (Wildman–Crippen LogP) is 1.94. The lowest BCUT2D eigenvalue weighted by Gasteiger charge is -2.22. The van der Waals surface area contributed by atoms with E-state index in [4.69, 9.17) is 0 Å². The summed E-state index contributed by atoms with van der Waals surface area (Å²) in [7, 11) is 3.80. The van der Waals surface area contributed by atoms with E-state index < -0.39 is 0 Å². The van der Waals surface area contributed by atoms with Gasteiger partial charge in [0.05, 0.1) is 6.04 Å². The minimum absolute atomic E-state index is 0.245. The first-order chi connectivity index (χ1) is 12.5. The standard InChI is InChI=1S/C19H26FN5O/c1-24(2)13-15-6-5-14(10-17(15)20)11-22-19(26)18-7-9-25(23-18)16-4-3-8-21-12-16/h5-7,9-10,16,21H,3-4,8,11-13H2,1-2H3,(H,22,26). The Morgan fingerprint density at radius 3 is 2.96 bits per heavy atom. The van der Waals surface area contributed by atoms with Crippen LogP contribution in [-0.4, -0.2) is 47.8 Å². The number of nitrogens with one attached hydrogen (secondary N) is 2. The molecule has 1 aromatic heterocycles. The van der Waals surface area contributed by atoms with Gasteiger partial charge in [0.15, 0.2) is 0 Å². The van der Waals surface area contributed by atoms with Gasteiger partial charge in [-0.15, -0.1) is 0 Å². The van der Waals surface area contributed by atoms with Crippen LogP contribution in [0.15, 0.2) is 30.5 Å². The Balaban J connectivity index is 1.57. The van der Waals surface area contributed by atoms with E-state index in [1.54, 1.807) is 12.1 Å². The maximum Gasteiger partial charge on any atom is 0.272 e. The topological polar surface area (TPSA) is 62.2 Å². The third kappa shape index (κ3) is 4.68. The van der Waals surface area contributed by atoms with Crippen LogP contribution < -0.4 is 10.6 Å². The van der Waals surface area contributed by atoms with Gasteiger partial charge in [-0.2, -0.15) is 5.10 Å². The molecule has 3 rings (SSSR count). The third-order valence-electron chi connectivity index (χ3n) is 4.54. The van der Waals surface area contributed by atoms with E-state index >= 15 is 0 Å². The van der Waals surface area contributed by atoms with Crippen molar-refractivity contribution in [1.29, 1.82) is 0 Å². The highest BCUT2D eigenvalue weighted by Gasteiger charge is 2.17. The first kappa shape index (κ1) is 18.5. The monoisotopic (exact) mass is 359 g/mol. The van der Waals surface area contributed by atoms with Crippen LogP contribution in [-0.2, 0) is 13.1 Å². The second kappa shape index (κ2) is 8.42. The van der Waals surface area contributed by atoms with Gasteiger partial charge in [0, 0.05) is 31.4 Å². The lowest BCUT2D eigenvalue weighted by Crippen LogP contribution is -2.32. The zero-order chi connectivity index (χ0) is 18.5. The van der Waals surface area contributed by atoms with E-state index in [1.165, 1.54) is 6.07 Å². The van der Waals surface area contributed by atoms with E-state index in [2.05, 4.69) is 15.7 Å². The first-order valence-corrected chi connectivity index (χ1v) is 8.99. The summed E-state index contributed by atoms with van der Waals surface area (Å²) >= 11 is 0. The maximum atomic E-state index is 14.1. The lowest BCUT2D eigenvalue weighted by atomic mass is 10.1. The molecule has 1 aromatic carbocycles. The van der Waals surface area contributed by atoms with Crippen molar-refractivity contribution >= 4 is 5.91 Å². The zero-order valence-electron chi connectivity index (χ0n) is 15.3. The fourth-order valence-electron chi connectivity index (χ4n) is 3.16. The highest BCUT2D eigenvalue weighted by molar-refractivity contribution is 5.92. The number of carbonyl (C=O) groups excluding carboxylic acids is 1. The van der Waals surface area contributed by atoms with E-state index in [0.29, 0.717) is 23.8 Å². The van der Waals surface area contributed by atoms with Gasteiger partial charge in [0.2, 0.25) is 0 Å². The molecule has 0 aliphatic carbocycles. The molecule has 1 unspecified atom stereocenters. The third-order valence-corrected chi connectivity index (χ3v) is 4.54. The Hall–Kier alpha value is -2.25. The summed E-state index contributed by atoms with van der Waals surface area (Å²) in [4.78, 5) is 14.2. The quantitative estimate of drug-likeness (QED) is 0.827. The molecule has 1 aliphatic rings. The number of piperidine rings is 1. The number of rotatable bonds is 6. The van der Waals surface area contributed by atoms with Crippen LogP contribution in [0.2, 0.25) is 0 Å². The molecule has 1 saturated heterocycles. The van der Waals surface area contributed by atoms with Crippen molar-refractivity contribution in [2.75, 3.05) is 27.2 Å². The second-order valence-electron chi connectivity index (χ2n) is 7.03. The molecule has 2 heterocycles. The smallest absolute Gasteiger partial charge is 0.272 e. The van der Waals surface area contributed by atoms with Crippen LogP contribution in [0.25, 0.3) is 0 Å². The fourth-order valence-corrected chi connectivity index (χ4v) is 3.16. The molecule has 26 heavy (non-hydrogen) atoms. The van der Waals surface area contributed by atoms with Crippen molar-refractivity contribution in [3.05, 3.63) is 53.1 Å². The van der Waals surface area contributed by atoms with Crippen molar-refractivity contribution in [2.45, 2.75) is 32.0 Å². The molecular formula is C19H26FN5O. The lowest BCUT2D eigenvalue weighted by molar-refractivity contribution is 0.0944. The first-order valence-electron chi connectivity index (χ1n) is 8.99. The van der Waals surface area contributed by atoms with Crippen LogP contribution in [0.1, 0.15) is 40.5 Å². The summed E-state index contributed by atoms with van der Waals surface area (Å²) in [6, 6.07) is 7.11. The molecule has 1 amide bonds. The molecular weight excluding hydrogens is 333 g/mol. The number of hydrogen-bond donors (Lipinski definition) is 2. The largest absolute Gasteiger partial charge is 0.347 e. The normalized spacial score (nSPS) is 17.5. The van der Waals surface area contributed by atoms with Gasteiger partial charge in [-0.05, 0) is 51.2 Å². The molecule has 1 atom stereocenters. The summed E-state index contributed by atoms with van der Waals surface area (Å²) in [5, 5.41) is 10.5. The fraction of sp³-hybridized carbons (Fsp3) is 0.474. The van der Waals surface area contributed by atoms with Gasteiger partial charge in [-0.1, -0.05) is 12.1 Å². The van der Waals surface area contributed by atoms with Gasteiger partial charge >= 0.3 is 0 Å². The summed E-state index contributed by atoms with van der Waals surface area (Å²) in [6.07, 6.45) is 4.03. The Morgan fingerprint density at radius 1 is 1.42 bits per heavy atom. The minimum Gasteiger partial charge on any atom is -0.347 e. The summed E-state index contributed by atoms with van der Waals surface area (Å²) in [6.45, 7) is 2.73. The molecule has 0 saturated carbocycles. The van der Waals surface area contributed by atoms with E-state index in [1.807, 2.05) is 35.9 Å². The zero-order valence-corrected chi connectivity index (χ0v) is 15.3. The summed E-state index contributed by atoms with van der Waals surface area (Å²) in [5.74, 6) is -0.496. The Kier molecular flexibility index (Phi) is 6.00. The SMILES string of the molecule is CN(C)Cc1ccc(CNC(=O)c2ccn(C3CCCNC3)n2)cc1F. The van der Waals surface area contributed by atoms with Gasteiger partial charge in [-0.25, -0.2) is 4.39 Å². The average molecular weight is 359 g/mol. The molecule has 2 aromatic rings. The number of benzene rings is 1. The van der Waals surface area contributed by atoms with Crippen molar-refractivity contribution in [3.63, 3.8) is 0 Å². The van der Waals surface area contributed by atoms with Crippen LogP contribution in [0.5, 0.6) is 0 Å². The molecule has 6 nitrogen and oxygen atoms in total. The molecule has 140 valence electrons. The number of amides is 1. The molecule has 0 radical (unpaired) electrons. The van der Waals surface area contributed by atoms with Crippen molar-refractivity contribution in [2.24, 2.45) is 0 Å². The van der Waals surface area contributed by atoms with Gasteiger partial charge < -0.3 is 15.5 Å². The molecule has 1 fully saturated rings. The minimum atomic E-state index is -0.250. The van der Waals surface area contributed by atoms with E-state index in [9.17, 15) is 9.18 Å². The molecule has 1 aliphatic heterocycles.